The molecule has 0 atom stereocenters. The fraction of sp³-hybridized carbons (Fsp3) is 0. The lowest BCUT2D eigenvalue weighted by Gasteiger charge is -2.08. The van der Waals surface area contributed by atoms with Gasteiger partial charge in [-0.1, -0.05) is 28.1 Å². The maximum atomic E-state index is 12.2. The quantitative estimate of drug-likeness (QED) is 0.744. The molecular weight excluding hydrogens is 330 g/mol. The van der Waals surface area contributed by atoms with E-state index in [0.29, 0.717) is 11.4 Å². The SMILES string of the molecule is Nc1cccnc1C(=O)Nc1ccc2cc(Br)ccc2c1. The highest BCUT2D eigenvalue weighted by Gasteiger charge is 2.11. The van der Waals surface area contributed by atoms with E-state index in [2.05, 4.69) is 26.2 Å². The van der Waals surface area contributed by atoms with Gasteiger partial charge in [-0.05, 0) is 47.2 Å². The smallest absolute Gasteiger partial charge is 0.276 e. The Morgan fingerprint density at radius 3 is 2.67 bits per heavy atom. The lowest BCUT2D eigenvalue weighted by molar-refractivity contribution is 0.102. The number of carbonyl (C=O) groups excluding carboxylic acids is 1. The van der Waals surface area contributed by atoms with Gasteiger partial charge < -0.3 is 11.1 Å². The van der Waals surface area contributed by atoms with Crippen LogP contribution in [0.3, 0.4) is 0 Å². The normalized spacial score (nSPS) is 10.5. The Hall–Kier alpha value is -2.40. The van der Waals surface area contributed by atoms with Gasteiger partial charge in [-0.15, -0.1) is 0 Å². The van der Waals surface area contributed by atoms with Crippen LogP contribution in [0.4, 0.5) is 11.4 Å². The van der Waals surface area contributed by atoms with E-state index in [1.54, 1.807) is 18.3 Å². The van der Waals surface area contributed by atoms with Crippen LogP contribution >= 0.6 is 15.9 Å². The standard InChI is InChI=1S/C16H12BrN3O/c17-12-5-3-11-9-13(6-4-10(11)8-12)20-16(21)15-14(18)2-1-7-19-15/h1-9H,18H2,(H,20,21). The summed E-state index contributed by atoms with van der Waals surface area (Å²) in [5.74, 6) is -0.315. The number of pyridine rings is 1. The van der Waals surface area contributed by atoms with Crippen LogP contribution in [0.15, 0.2) is 59.2 Å². The minimum atomic E-state index is -0.315. The number of nitrogens with one attached hydrogen (secondary N) is 1. The number of nitrogens with two attached hydrogens (primary N) is 1. The maximum Gasteiger partial charge on any atom is 0.276 e. The second-order valence-electron chi connectivity index (χ2n) is 4.60. The molecule has 0 spiro atoms. The molecule has 3 aromatic rings. The number of rotatable bonds is 2. The van der Waals surface area contributed by atoms with Crippen LogP contribution in [0, 0.1) is 0 Å². The molecule has 0 saturated heterocycles. The molecule has 21 heavy (non-hydrogen) atoms. The third-order valence-electron chi connectivity index (χ3n) is 3.11. The van der Waals surface area contributed by atoms with Crippen LogP contribution in [-0.2, 0) is 0 Å². The highest BCUT2D eigenvalue weighted by molar-refractivity contribution is 9.10. The van der Waals surface area contributed by atoms with Gasteiger partial charge in [0.25, 0.3) is 5.91 Å². The van der Waals surface area contributed by atoms with Crippen molar-refractivity contribution in [3.05, 3.63) is 64.9 Å². The van der Waals surface area contributed by atoms with Crippen molar-refractivity contribution < 1.29 is 4.79 Å². The molecule has 1 aromatic heterocycles. The molecule has 0 aliphatic carbocycles. The van der Waals surface area contributed by atoms with Crippen molar-refractivity contribution in [3.63, 3.8) is 0 Å². The van der Waals surface area contributed by atoms with Gasteiger partial charge in [-0.25, -0.2) is 4.98 Å². The number of fused-ring (bicyclic) bond motifs is 1. The molecule has 0 aliphatic rings. The second-order valence-corrected chi connectivity index (χ2v) is 5.52. The molecular formula is C16H12BrN3O. The molecule has 104 valence electrons. The number of hydrogen-bond donors (Lipinski definition) is 2. The van der Waals surface area contributed by atoms with Crippen molar-refractivity contribution in [2.24, 2.45) is 0 Å². The first kappa shape index (κ1) is 13.6. The molecule has 2 aromatic carbocycles. The zero-order valence-electron chi connectivity index (χ0n) is 11.0. The average molecular weight is 342 g/mol. The molecule has 4 nitrogen and oxygen atoms in total. The predicted octanol–water partition coefficient (Wildman–Crippen LogP) is 3.83. The van der Waals surface area contributed by atoms with Gasteiger partial charge in [-0.3, -0.25) is 4.79 Å². The molecule has 3 rings (SSSR count). The van der Waals surface area contributed by atoms with E-state index in [1.165, 1.54) is 0 Å². The summed E-state index contributed by atoms with van der Waals surface area (Å²) in [5, 5.41) is 4.96. The molecule has 0 bridgehead atoms. The van der Waals surface area contributed by atoms with E-state index in [9.17, 15) is 4.79 Å². The Morgan fingerprint density at radius 1 is 1.10 bits per heavy atom. The number of carbonyl (C=O) groups is 1. The molecule has 0 aliphatic heterocycles. The van der Waals surface area contributed by atoms with Crippen molar-refractivity contribution in [3.8, 4) is 0 Å². The second kappa shape index (κ2) is 5.54. The van der Waals surface area contributed by atoms with Crippen LogP contribution in [0.1, 0.15) is 10.5 Å². The Bertz CT molecular complexity index is 833. The van der Waals surface area contributed by atoms with Crippen LogP contribution in [0.2, 0.25) is 0 Å². The van der Waals surface area contributed by atoms with E-state index in [-0.39, 0.29) is 11.6 Å². The topological polar surface area (TPSA) is 68.0 Å². The van der Waals surface area contributed by atoms with Crippen LogP contribution in [0.5, 0.6) is 0 Å². The maximum absolute atomic E-state index is 12.2. The Labute approximate surface area is 130 Å². The number of halogens is 1. The third kappa shape index (κ3) is 2.87. The van der Waals surface area contributed by atoms with Gasteiger partial charge in [-0.2, -0.15) is 0 Å². The number of hydrogen-bond acceptors (Lipinski definition) is 3. The van der Waals surface area contributed by atoms with Gasteiger partial charge in [0.05, 0.1) is 5.69 Å². The fourth-order valence-corrected chi connectivity index (χ4v) is 2.47. The Kier molecular flexibility index (Phi) is 3.58. The monoisotopic (exact) mass is 341 g/mol. The zero-order valence-corrected chi connectivity index (χ0v) is 12.6. The number of nitrogens with zero attached hydrogens (tertiary/aromatic N) is 1. The number of aromatic nitrogens is 1. The van der Waals surface area contributed by atoms with E-state index in [0.717, 1.165) is 15.2 Å². The first-order valence-electron chi connectivity index (χ1n) is 6.34. The first-order chi connectivity index (χ1) is 10.1. The minimum Gasteiger partial charge on any atom is -0.397 e. The fourth-order valence-electron chi connectivity index (χ4n) is 2.09. The summed E-state index contributed by atoms with van der Waals surface area (Å²) in [4.78, 5) is 16.2. The summed E-state index contributed by atoms with van der Waals surface area (Å²) in [5.41, 5.74) is 7.05. The highest BCUT2D eigenvalue weighted by atomic mass is 79.9. The van der Waals surface area contributed by atoms with Gasteiger partial charge in [0.15, 0.2) is 5.69 Å². The lowest BCUT2D eigenvalue weighted by Crippen LogP contribution is -2.15. The Balaban J connectivity index is 1.90. The van der Waals surface area contributed by atoms with Crippen LogP contribution in [0.25, 0.3) is 10.8 Å². The van der Waals surface area contributed by atoms with Crippen molar-refractivity contribution in [2.45, 2.75) is 0 Å². The number of amides is 1. The van der Waals surface area contributed by atoms with Gasteiger partial charge in [0.2, 0.25) is 0 Å². The molecule has 0 radical (unpaired) electrons. The molecule has 0 fully saturated rings. The number of nitrogen functional groups attached to an aromatic ring is 1. The van der Waals surface area contributed by atoms with E-state index in [4.69, 9.17) is 5.73 Å². The molecule has 3 N–H and O–H groups in total. The van der Waals surface area contributed by atoms with E-state index < -0.39 is 0 Å². The predicted molar refractivity (Wildman–Crippen MR) is 88.3 cm³/mol. The summed E-state index contributed by atoms with van der Waals surface area (Å²) in [6, 6.07) is 15.1. The van der Waals surface area contributed by atoms with Crippen LogP contribution < -0.4 is 11.1 Å². The summed E-state index contributed by atoms with van der Waals surface area (Å²) >= 11 is 3.44. The summed E-state index contributed by atoms with van der Waals surface area (Å²) in [6.45, 7) is 0. The first-order valence-corrected chi connectivity index (χ1v) is 7.14. The molecule has 5 heteroatoms. The molecule has 0 unspecified atom stereocenters. The van der Waals surface area contributed by atoms with Crippen LogP contribution in [-0.4, -0.2) is 10.9 Å². The minimum absolute atomic E-state index is 0.230. The highest BCUT2D eigenvalue weighted by Crippen LogP contribution is 2.23. The van der Waals surface area contributed by atoms with Crippen molar-refractivity contribution >= 4 is 44.0 Å². The van der Waals surface area contributed by atoms with Gasteiger partial charge >= 0.3 is 0 Å². The van der Waals surface area contributed by atoms with Crippen molar-refractivity contribution in [1.82, 2.24) is 4.98 Å². The van der Waals surface area contributed by atoms with E-state index in [1.807, 2.05) is 36.4 Å². The zero-order chi connectivity index (χ0) is 14.8. The molecule has 1 amide bonds. The summed E-state index contributed by atoms with van der Waals surface area (Å²) in [7, 11) is 0. The van der Waals surface area contributed by atoms with Gasteiger partial charge in [0.1, 0.15) is 0 Å². The molecule has 0 saturated carbocycles. The molecule has 1 heterocycles. The third-order valence-corrected chi connectivity index (χ3v) is 3.61. The summed E-state index contributed by atoms with van der Waals surface area (Å²) in [6.07, 6.45) is 1.54. The number of anilines is 2. The Morgan fingerprint density at radius 2 is 1.86 bits per heavy atom. The van der Waals surface area contributed by atoms with Crippen molar-refractivity contribution in [1.29, 1.82) is 0 Å². The summed E-state index contributed by atoms with van der Waals surface area (Å²) < 4.78 is 1.02. The van der Waals surface area contributed by atoms with E-state index >= 15 is 0 Å². The van der Waals surface area contributed by atoms with Gasteiger partial charge in [0, 0.05) is 16.4 Å². The average Bonchev–Trinajstić information content (AvgIpc) is 2.48. The lowest BCUT2D eigenvalue weighted by atomic mass is 10.1. The number of benzene rings is 2. The van der Waals surface area contributed by atoms with Crippen molar-refractivity contribution in [2.75, 3.05) is 11.1 Å². The largest absolute Gasteiger partial charge is 0.397 e.